The average molecular weight is 460 g/mol. The summed E-state index contributed by atoms with van der Waals surface area (Å²) in [6.45, 7) is 6.07. The molecule has 182 valence electrons. The minimum atomic E-state index is -1.56. The molecular formula is C26H37NO6. The number of nitrogens with two attached hydrogens (primary N) is 1. The van der Waals surface area contributed by atoms with Gasteiger partial charge in [0.05, 0.1) is 17.9 Å². The highest BCUT2D eigenvalue weighted by molar-refractivity contribution is 5.80. The van der Waals surface area contributed by atoms with Crippen LogP contribution in [0.15, 0.2) is 11.6 Å². The number of fused-ring (bicyclic) bond motifs is 6. The molecule has 3 saturated carbocycles. The number of hydrogen-bond donors (Lipinski definition) is 2. The second-order valence-electron chi connectivity index (χ2n) is 11.7. The number of Topliss-reactive ketones (excluding diaryl/α,β-unsaturated/α-hetero) is 1. The third kappa shape index (κ3) is 3.18. The lowest BCUT2D eigenvalue weighted by atomic mass is 9.45. The molecule has 5 aliphatic rings. The number of allylic oxidation sites excluding steroid dienone is 1. The molecule has 33 heavy (non-hydrogen) atoms. The van der Waals surface area contributed by atoms with E-state index in [1.165, 1.54) is 0 Å². The number of esters is 2. The molecule has 3 N–H and O–H groups in total. The van der Waals surface area contributed by atoms with Crippen LogP contribution in [0.4, 0.5) is 0 Å². The molecule has 0 aromatic rings. The van der Waals surface area contributed by atoms with Crippen molar-refractivity contribution in [3.8, 4) is 0 Å². The van der Waals surface area contributed by atoms with E-state index in [9.17, 15) is 19.5 Å². The molecule has 1 aliphatic heterocycles. The molecule has 7 heteroatoms. The van der Waals surface area contributed by atoms with E-state index >= 15 is 0 Å². The van der Waals surface area contributed by atoms with Gasteiger partial charge in [-0.25, -0.2) is 0 Å². The molecular weight excluding hydrogens is 422 g/mol. The van der Waals surface area contributed by atoms with Crippen molar-refractivity contribution < 1.29 is 29.0 Å². The second kappa shape index (κ2) is 7.64. The van der Waals surface area contributed by atoms with Crippen LogP contribution in [-0.4, -0.2) is 40.8 Å². The van der Waals surface area contributed by atoms with Gasteiger partial charge in [0.15, 0.2) is 0 Å². The summed E-state index contributed by atoms with van der Waals surface area (Å²) in [5.74, 6) is -1.35. The Morgan fingerprint density at radius 2 is 1.88 bits per heavy atom. The first-order valence-electron chi connectivity index (χ1n) is 12.6. The van der Waals surface area contributed by atoms with Crippen LogP contribution >= 0.6 is 0 Å². The van der Waals surface area contributed by atoms with Crippen molar-refractivity contribution in [3.63, 3.8) is 0 Å². The van der Waals surface area contributed by atoms with Crippen molar-refractivity contribution in [1.29, 1.82) is 0 Å². The summed E-state index contributed by atoms with van der Waals surface area (Å²) in [7, 11) is 0. The summed E-state index contributed by atoms with van der Waals surface area (Å²) in [4.78, 5) is 38.1. The van der Waals surface area contributed by atoms with Crippen LogP contribution in [0.2, 0.25) is 0 Å². The van der Waals surface area contributed by atoms with Crippen molar-refractivity contribution in [2.75, 3.05) is 0 Å². The smallest absolute Gasteiger partial charge is 0.326 e. The summed E-state index contributed by atoms with van der Waals surface area (Å²) < 4.78 is 12.1. The number of carbonyl (C=O) groups is 3. The maximum Gasteiger partial charge on any atom is 0.326 e. The molecule has 5 rings (SSSR count). The standard InChI is InChI=1S/C26H37NO6/c1-14(28)18-6-7-19-17-5-4-15-12-16(29)13-26(25(15,3)20(17)10-11-24(18,19)2)32-22(30)9-8-21(27)23(31)33-26/h4,16-21,29H,5-13,27H2,1-3H3/t16-,17?,18-,19?,20?,21-,24-,25+,26?/m1/s1. The Morgan fingerprint density at radius 1 is 1.12 bits per heavy atom. The Labute approximate surface area is 195 Å². The van der Waals surface area contributed by atoms with Gasteiger partial charge in [-0.05, 0) is 82.0 Å². The van der Waals surface area contributed by atoms with E-state index in [4.69, 9.17) is 15.2 Å². The first-order chi connectivity index (χ1) is 15.5. The molecule has 7 nitrogen and oxygen atoms in total. The predicted molar refractivity (Wildman–Crippen MR) is 119 cm³/mol. The van der Waals surface area contributed by atoms with Crippen molar-refractivity contribution in [1.82, 2.24) is 0 Å². The van der Waals surface area contributed by atoms with Crippen molar-refractivity contribution in [2.24, 2.45) is 40.2 Å². The second-order valence-corrected chi connectivity index (χ2v) is 11.7. The molecule has 0 radical (unpaired) electrons. The van der Waals surface area contributed by atoms with Crippen LogP contribution in [0.25, 0.3) is 0 Å². The number of aliphatic hydroxyl groups is 1. The van der Waals surface area contributed by atoms with Crippen molar-refractivity contribution in [2.45, 2.75) is 96.5 Å². The van der Waals surface area contributed by atoms with E-state index in [1.807, 2.05) is 0 Å². The summed E-state index contributed by atoms with van der Waals surface area (Å²) in [6, 6.07) is -0.884. The van der Waals surface area contributed by atoms with Crippen LogP contribution in [0.3, 0.4) is 0 Å². The molecule has 1 saturated heterocycles. The Morgan fingerprint density at radius 3 is 2.61 bits per heavy atom. The SMILES string of the molecule is CC(=O)[C@H]1CCC2C3CC=C4C[C@@H](O)CC5(OC(=O)CC[C@@H](N)C(=O)O5)[C@]4(C)C3CC[C@@]21C. The minimum Gasteiger partial charge on any atom is -0.421 e. The largest absolute Gasteiger partial charge is 0.421 e. The van der Waals surface area contributed by atoms with E-state index in [1.54, 1.807) is 6.92 Å². The lowest BCUT2D eigenvalue weighted by Crippen LogP contribution is -2.66. The van der Waals surface area contributed by atoms with Crippen LogP contribution < -0.4 is 5.73 Å². The van der Waals surface area contributed by atoms with Crippen LogP contribution in [0.1, 0.15) is 78.6 Å². The van der Waals surface area contributed by atoms with Gasteiger partial charge >= 0.3 is 11.9 Å². The van der Waals surface area contributed by atoms with Crippen LogP contribution in [0.5, 0.6) is 0 Å². The fourth-order valence-corrected chi connectivity index (χ4v) is 8.58. The molecule has 4 unspecified atom stereocenters. The summed E-state index contributed by atoms with van der Waals surface area (Å²) in [5, 5.41) is 10.8. The first-order valence-corrected chi connectivity index (χ1v) is 12.6. The molecule has 9 atom stereocenters. The molecule has 1 spiro atoms. The molecule has 4 aliphatic carbocycles. The van der Waals surface area contributed by atoms with E-state index < -0.39 is 35.3 Å². The molecule has 4 fully saturated rings. The van der Waals surface area contributed by atoms with Gasteiger partial charge in [-0.3, -0.25) is 14.4 Å². The Kier molecular flexibility index (Phi) is 5.33. The Hall–Kier alpha value is -1.73. The summed E-state index contributed by atoms with van der Waals surface area (Å²) >= 11 is 0. The summed E-state index contributed by atoms with van der Waals surface area (Å²) in [5.41, 5.74) is 6.28. The third-order valence-corrected chi connectivity index (χ3v) is 10.2. The highest BCUT2D eigenvalue weighted by atomic mass is 16.7. The zero-order valence-corrected chi connectivity index (χ0v) is 20.0. The van der Waals surface area contributed by atoms with E-state index in [2.05, 4.69) is 19.9 Å². The quantitative estimate of drug-likeness (QED) is 0.457. The highest BCUT2D eigenvalue weighted by Gasteiger charge is 2.69. The maximum atomic E-state index is 12.9. The van der Waals surface area contributed by atoms with E-state index in [0.717, 1.165) is 37.7 Å². The van der Waals surface area contributed by atoms with Gasteiger partial charge in [-0.1, -0.05) is 18.6 Å². The zero-order chi connectivity index (χ0) is 23.8. The van der Waals surface area contributed by atoms with Gasteiger partial charge < -0.3 is 20.3 Å². The number of aliphatic hydroxyl groups excluding tert-OH is 1. The lowest BCUT2D eigenvalue weighted by Gasteiger charge is -2.62. The lowest BCUT2D eigenvalue weighted by molar-refractivity contribution is -0.302. The fraction of sp³-hybridized carbons (Fsp3) is 0.808. The van der Waals surface area contributed by atoms with E-state index in [-0.39, 0.29) is 42.3 Å². The fourth-order valence-electron chi connectivity index (χ4n) is 8.58. The number of carbonyl (C=O) groups excluding carboxylic acids is 3. The number of rotatable bonds is 1. The van der Waals surface area contributed by atoms with Gasteiger partial charge in [0.25, 0.3) is 5.79 Å². The molecule has 1 heterocycles. The maximum absolute atomic E-state index is 12.9. The zero-order valence-electron chi connectivity index (χ0n) is 20.0. The van der Waals surface area contributed by atoms with Crippen LogP contribution in [0, 0.1) is 34.5 Å². The molecule has 0 bridgehead atoms. The molecule has 0 aromatic heterocycles. The Bertz CT molecular complexity index is 914. The van der Waals surface area contributed by atoms with Gasteiger partial charge in [-0.2, -0.15) is 0 Å². The van der Waals surface area contributed by atoms with E-state index in [0.29, 0.717) is 18.3 Å². The number of hydrogen-bond acceptors (Lipinski definition) is 7. The number of ketones is 1. The van der Waals surface area contributed by atoms with Crippen molar-refractivity contribution >= 4 is 17.7 Å². The van der Waals surface area contributed by atoms with Gasteiger partial charge in [0, 0.05) is 12.3 Å². The normalized spacial score (nSPS) is 49.5. The first kappa shape index (κ1) is 23.0. The van der Waals surface area contributed by atoms with Crippen LogP contribution in [-0.2, 0) is 23.9 Å². The van der Waals surface area contributed by atoms with Crippen molar-refractivity contribution in [3.05, 3.63) is 11.6 Å². The topological polar surface area (TPSA) is 116 Å². The predicted octanol–water partition coefficient (Wildman–Crippen LogP) is 3.03. The molecule has 0 amide bonds. The van der Waals surface area contributed by atoms with Gasteiger partial charge in [0.1, 0.15) is 11.8 Å². The van der Waals surface area contributed by atoms with Gasteiger partial charge in [0.2, 0.25) is 0 Å². The molecule has 0 aromatic carbocycles. The van der Waals surface area contributed by atoms with Gasteiger partial charge in [-0.15, -0.1) is 0 Å². The number of ether oxygens (including phenoxy) is 2. The third-order valence-electron chi connectivity index (χ3n) is 10.2. The average Bonchev–Trinajstić information content (AvgIpc) is 3.10. The summed E-state index contributed by atoms with van der Waals surface area (Å²) in [6.07, 6.45) is 6.83. The monoisotopic (exact) mass is 459 g/mol. The minimum absolute atomic E-state index is 0.0211. The Balaban J connectivity index is 1.59. The highest BCUT2D eigenvalue weighted by Crippen LogP contribution is 2.68.